The van der Waals surface area contributed by atoms with Gasteiger partial charge in [-0.05, 0) is 26.2 Å². The molecule has 0 amide bonds. The quantitative estimate of drug-likeness (QED) is 0.744. The predicted octanol–water partition coefficient (Wildman–Crippen LogP) is 2.23. The lowest BCUT2D eigenvalue weighted by Gasteiger charge is -2.41. The second-order valence-corrected chi connectivity index (χ2v) is 5.40. The molecule has 0 atom stereocenters. The molecule has 1 aliphatic heterocycles. The van der Waals surface area contributed by atoms with Crippen molar-refractivity contribution in [2.24, 2.45) is 5.92 Å². The Balaban J connectivity index is 2.48. The van der Waals surface area contributed by atoms with Crippen LogP contribution in [0, 0.1) is 5.92 Å². The van der Waals surface area contributed by atoms with Crippen molar-refractivity contribution in [3.05, 3.63) is 12.3 Å². The molecule has 0 radical (unpaired) electrons. The molecule has 1 fully saturated rings. The van der Waals surface area contributed by atoms with Crippen LogP contribution in [0.25, 0.3) is 0 Å². The first-order valence-corrected chi connectivity index (χ1v) is 5.58. The van der Waals surface area contributed by atoms with E-state index in [9.17, 15) is 0 Å². The smallest absolute Gasteiger partial charge is 0.0352 e. The van der Waals surface area contributed by atoms with Crippen molar-refractivity contribution in [3.8, 4) is 0 Å². The maximum absolute atomic E-state index is 4.18. The van der Waals surface area contributed by atoms with Gasteiger partial charge in [0.15, 0.2) is 0 Å². The van der Waals surface area contributed by atoms with Crippen LogP contribution in [0.2, 0.25) is 0 Å². The molecule has 0 aromatic carbocycles. The largest absolute Gasteiger partial charge is 0.372 e. The maximum atomic E-state index is 4.18. The van der Waals surface area contributed by atoms with Gasteiger partial charge in [-0.2, -0.15) is 0 Å². The Morgan fingerprint density at radius 1 is 1.50 bits per heavy atom. The highest BCUT2D eigenvalue weighted by molar-refractivity contribution is 5.00. The lowest BCUT2D eigenvalue weighted by molar-refractivity contribution is 0.184. The van der Waals surface area contributed by atoms with Crippen LogP contribution in [0.15, 0.2) is 12.3 Å². The van der Waals surface area contributed by atoms with Crippen LogP contribution < -0.4 is 5.32 Å². The molecular weight excluding hydrogens is 172 g/mol. The third-order valence-electron chi connectivity index (χ3n) is 2.66. The zero-order chi connectivity index (χ0) is 10.8. The molecule has 0 saturated carbocycles. The lowest BCUT2D eigenvalue weighted by Crippen LogP contribution is -2.56. The molecule has 1 heterocycles. The second kappa shape index (κ2) is 4.35. The molecule has 0 aliphatic carbocycles. The topological polar surface area (TPSA) is 15.3 Å². The summed E-state index contributed by atoms with van der Waals surface area (Å²) in [6.07, 6.45) is 1.12. The molecule has 1 saturated heterocycles. The van der Waals surface area contributed by atoms with Gasteiger partial charge in [0.25, 0.3) is 0 Å². The fourth-order valence-electron chi connectivity index (χ4n) is 2.01. The van der Waals surface area contributed by atoms with Crippen LogP contribution in [-0.2, 0) is 0 Å². The average Bonchev–Trinajstić information content (AvgIpc) is 2.01. The summed E-state index contributed by atoms with van der Waals surface area (Å²) in [5.74, 6) is 0.709. The van der Waals surface area contributed by atoms with Crippen molar-refractivity contribution in [1.29, 1.82) is 0 Å². The zero-order valence-electron chi connectivity index (χ0n) is 10.1. The van der Waals surface area contributed by atoms with Gasteiger partial charge < -0.3 is 10.2 Å². The molecule has 1 N–H and O–H groups in total. The van der Waals surface area contributed by atoms with Crippen LogP contribution in [0.1, 0.15) is 34.1 Å². The van der Waals surface area contributed by atoms with E-state index in [1.165, 1.54) is 5.70 Å². The summed E-state index contributed by atoms with van der Waals surface area (Å²) in [6, 6.07) is 0. The SMILES string of the molecule is C=C(CC(C)C)N1CCNC(C)(C)C1. The minimum atomic E-state index is 0.234. The van der Waals surface area contributed by atoms with Gasteiger partial charge in [-0.1, -0.05) is 20.4 Å². The van der Waals surface area contributed by atoms with Crippen LogP contribution in [0.3, 0.4) is 0 Å². The average molecular weight is 196 g/mol. The first kappa shape index (κ1) is 11.6. The predicted molar refractivity (Wildman–Crippen MR) is 62.2 cm³/mol. The summed E-state index contributed by atoms with van der Waals surface area (Å²) in [6.45, 7) is 16.4. The van der Waals surface area contributed by atoms with Gasteiger partial charge in [0.05, 0.1) is 0 Å². The first-order valence-electron chi connectivity index (χ1n) is 5.58. The highest BCUT2D eigenvalue weighted by atomic mass is 15.2. The molecule has 0 spiro atoms. The fraction of sp³-hybridized carbons (Fsp3) is 0.833. The Hall–Kier alpha value is -0.500. The van der Waals surface area contributed by atoms with E-state index in [1.54, 1.807) is 0 Å². The molecule has 2 heteroatoms. The van der Waals surface area contributed by atoms with Crippen LogP contribution >= 0.6 is 0 Å². The van der Waals surface area contributed by atoms with E-state index in [0.29, 0.717) is 5.92 Å². The molecule has 0 bridgehead atoms. The number of nitrogens with one attached hydrogen (secondary N) is 1. The second-order valence-electron chi connectivity index (χ2n) is 5.40. The van der Waals surface area contributed by atoms with Crippen molar-refractivity contribution in [3.63, 3.8) is 0 Å². The standard InChI is InChI=1S/C12H24N2/c1-10(2)8-11(3)14-7-6-13-12(4,5)9-14/h10,13H,3,6-9H2,1-2,4-5H3. The minimum absolute atomic E-state index is 0.234. The molecule has 0 aromatic heterocycles. The highest BCUT2D eigenvalue weighted by Gasteiger charge is 2.26. The number of nitrogens with zero attached hydrogens (tertiary/aromatic N) is 1. The third kappa shape index (κ3) is 3.33. The van der Waals surface area contributed by atoms with Crippen molar-refractivity contribution in [2.45, 2.75) is 39.7 Å². The summed E-state index contributed by atoms with van der Waals surface area (Å²) in [5.41, 5.74) is 1.53. The Labute approximate surface area is 88.4 Å². The number of hydrogen-bond donors (Lipinski definition) is 1. The Morgan fingerprint density at radius 3 is 2.64 bits per heavy atom. The van der Waals surface area contributed by atoms with E-state index in [-0.39, 0.29) is 5.54 Å². The number of hydrogen-bond acceptors (Lipinski definition) is 2. The van der Waals surface area contributed by atoms with Crippen molar-refractivity contribution in [1.82, 2.24) is 10.2 Å². The van der Waals surface area contributed by atoms with E-state index in [1.807, 2.05) is 0 Å². The summed E-state index contributed by atoms with van der Waals surface area (Å²) in [4.78, 5) is 2.43. The van der Waals surface area contributed by atoms with Gasteiger partial charge in [-0.3, -0.25) is 0 Å². The van der Waals surface area contributed by atoms with Crippen molar-refractivity contribution < 1.29 is 0 Å². The van der Waals surface area contributed by atoms with E-state index < -0.39 is 0 Å². The first-order chi connectivity index (χ1) is 6.41. The van der Waals surface area contributed by atoms with Crippen molar-refractivity contribution in [2.75, 3.05) is 19.6 Å². The number of piperazine rings is 1. The lowest BCUT2D eigenvalue weighted by atomic mass is 10.00. The van der Waals surface area contributed by atoms with Crippen LogP contribution in [0.5, 0.6) is 0 Å². The van der Waals surface area contributed by atoms with Crippen LogP contribution in [-0.4, -0.2) is 30.1 Å². The van der Waals surface area contributed by atoms with Gasteiger partial charge in [0.2, 0.25) is 0 Å². The normalized spacial score (nSPS) is 21.4. The Kier molecular flexibility index (Phi) is 3.59. The molecule has 0 unspecified atom stereocenters. The van der Waals surface area contributed by atoms with E-state index in [0.717, 1.165) is 26.1 Å². The molecule has 82 valence electrons. The number of rotatable bonds is 3. The zero-order valence-corrected chi connectivity index (χ0v) is 10.1. The van der Waals surface area contributed by atoms with Crippen molar-refractivity contribution >= 4 is 0 Å². The molecule has 1 rings (SSSR count). The summed E-state index contributed by atoms with van der Waals surface area (Å²) in [7, 11) is 0. The third-order valence-corrected chi connectivity index (χ3v) is 2.66. The van der Waals surface area contributed by atoms with E-state index in [4.69, 9.17) is 0 Å². The monoisotopic (exact) mass is 196 g/mol. The van der Waals surface area contributed by atoms with E-state index >= 15 is 0 Å². The molecule has 14 heavy (non-hydrogen) atoms. The molecular formula is C12H24N2. The maximum Gasteiger partial charge on any atom is 0.0352 e. The highest BCUT2D eigenvalue weighted by Crippen LogP contribution is 2.18. The summed E-state index contributed by atoms with van der Waals surface area (Å²) >= 11 is 0. The van der Waals surface area contributed by atoms with Gasteiger partial charge in [-0.25, -0.2) is 0 Å². The molecule has 1 aliphatic rings. The van der Waals surface area contributed by atoms with Gasteiger partial charge in [-0.15, -0.1) is 0 Å². The Bertz CT molecular complexity index is 206. The minimum Gasteiger partial charge on any atom is -0.372 e. The molecule has 2 nitrogen and oxygen atoms in total. The number of allylic oxidation sites excluding steroid dienone is 1. The van der Waals surface area contributed by atoms with Gasteiger partial charge >= 0.3 is 0 Å². The van der Waals surface area contributed by atoms with E-state index in [2.05, 4.69) is 44.5 Å². The fourth-order valence-corrected chi connectivity index (χ4v) is 2.01. The van der Waals surface area contributed by atoms with Crippen LogP contribution in [0.4, 0.5) is 0 Å². The van der Waals surface area contributed by atoms with Gasteiger partial charge in [0, 0.05) is 30.9 Å². The summed E-state index contributed by atoms with van der Waals surface area (Å²) in [5, 5.41) is 3.51. The Morgan fingerprint density at radius 2 is 2.14 bits per heavy atom. The van der Waals surface area contributed by atoms with Gasteiger partial charge in [0.1, 0.15) is 0 Å². The summed E-state index contributed by atoms with van der Waals surface area (Å²) < 4.78 is 0. The molecule has 0 aromatic rings.